The average Bonchev–Trinajstić information content (AvgIpc) is 2.85. The van der Waals surface area contributed by atoms with Gasteiger partial charge in [0.05, 0.1) is 5.56 Å². The van der Waals surface area contributed by atoms with Gasteiger partial charge in [0.1, 0.15) is 0 Å². The highest BCUT2D eigenvalue weighted by Crippen LogP contribution is 2.42. The minimum Gasteiger partial charge on any atom is -0.311 e. The van der Waals surface area contributed by atoms with Gasteiger partial charge in [0.15, 0.2) is 0 Å². The molecule has 1 aliphatic rings. The highest BCUT2D eigenvalue weighted by atomic mass is 19.4. The summed E-state index contributed by atoms with van der Waals surface area (Å²) in [6.07, 6.45) is -0.188. The topological polar surface area (TPSA) is 12.0 Å². The van der Waals surface area contributed by atoms with E-state index in [1.165, 1.54) is 12.1 Å². The van der Waals surface area contributed by atoms with E-state index in [9.17, 15) is 13.2 Å². The molecule has 0 saturated heterocycles. The van der Waals surface area contributed by atoms with Crippen molar-refractivity contribution in [3.8, 4) is 0 Å². The van der Waals surface area contributed by atoms with E-state index in [1.54, 1.807) is 0 Å². The quantitative estimate of drug-likeness (QED) is 0.836. The number of benzene rings is 1. The van der Waals surface area contributed by atoms with Crippen LogP contribution in [-0.4, -0.2) is 12.1 Å². The number of halogens is 3. The van der Waals surface area contributed by atoms with Gasteiger partial charge in [-0.2, -0.15) is 13.2 Å². The summed E-state index contributed by atoms with van der Waals surface area (Å²) in [4.78, 5) is 0. The fraction of sp³-hybridized carbons (Fsp3) is 0.647. The summed E-state index contributed by atoms with van der Waals surface area (Å²) in [6, 6.07) is 5.89. The largest absolute Gasteiger partial charge is 0.416 e. The van der Waals surface area contributed by atoms with Crippen LogP contribution in [0.1, 0.15) is 57.6 Å². The Morgan fingerprint density at radius 3 is 2.24 bits per heavy atom. The van der Waals surface area contributed by atoms with Gasteiger partial charge in [0, 0.05) is 17.5 Å². The number of hydrogen-bond acceptors (Lipinski definition) is 1. The fourth-order valence-electron chi connectivity index (χ4n) is 3.08. The Morgan fingerprint density at radius 2 is 1.71 bits per heavy atom. The van der Waals surface area contributed by atoms with Gasteiger partial charge >= 0.3 is 6.18 Å². The van der Waals surface area contributed by atoms with Crippen molar-refractivity contribution in [2.24, 2.45) is 0 Å². The second kappa shape index (κ2) is 5.64. The van der Waals surface area contributed by atoms with Crippen LogP contribution in [0.3, 0.4) is 0 Å². The van der Waals surface area contributed by atoms with E-state index in [0.29, 0.717) is 0 Å². The van der Waals surface area contributed by atoms with Crippen molar-refractivity contribution in [3.63, 3.8) is 0 Å². The average molecular weight is 299 g/mol. The molecule has 0 atom stereocenters. The third kappa shape index (κ3) is 4.00. The molecule has 0 aromatic heterocycles. The van der Waals surface area contributed by atoms with Gasteiger partial charge in [-0.05, 0) is 45.2 Å². The zero-order valence-electron chi connectivity index (χ0n) is 13.0. The molecule has 1 nitrogen and oxygen atoms in total. The van der Waals surface area contributed by atoms with Crippen molar-refractivity contribution in [3.05, 3.63) is 35.4 Å². The molecule has 118 valence electrons. The van der Waals surface area contributed by atoms with E-state index in [2.05, 4.69) is 26.1 Å². The van der Waals surface area contributed by atoms with Crippen molar-refractivity contribution < 1.29 is 13.2 Å². The van der Waals surface area contributed by atoms with Gasteiger partial charge in [0.2, 0.25) is 0 Å². The van der Waals surface area contributed by atoms with Gasteiger partial charge in [-0.3, -0.25) is 0 Å². The Hall–Kier alpha value is -1.03. The van der Waals surface area contributed by atoms with Crippen LogP contribution >= 0.6 is 0 Å². The summed E-state index contributed by atoms with van der Waals surface area (Å²) in [5, 5.41) is 3.48. The van der Waals surface area contributed by atoms with Gasteiger partial charge in [0.25, 0.3) is 0 Å². The zero-order chi connectivity index (χ0) is 15.7. The molecule has 1 aromatic carbocycles. The summed E-state index contributed by atoms with van der Waals surface area (Å²) in [5.41, 5.74) is 0.0970. The van der Waals surface area contributed by atoms with Crippen LogP contribution in [0.4, 0.5) is 13.2 Å². The molecule has 1 N–H and O–H groups in total. The van der Waals surface area contributed by atoms with E-state index >= 15 is 0 Å². The number of alkyl halides is 3. The Morgan fingerprint density at radius 1 is 1.10 bits per heavy atom. The molecule has 1 aliphatic carbocycles. The lowest BCUT2D eigenvalue weighted by Gasteiger charge is -2.34. The van der Waals surface area contributed by atoms with Crippen molar-refractivity contribution in [1.82, 2.24) is 5.32 Å². The minimum atomic E-state index is -4.27. The molecule has 0 amide bonds. The smallest absolute Gasteiger partial charge is 0.311 e. The molecule has 0 heterocycles. The normalized spacial score (nSPS) is 19.0. The van der Waals surface area contributed by atoms with Crippen LogP contribution in [0.15, 0.2) is 24.3 Å². The van der Waals surface area contributed by atoms with Crippen molar-refractivity contribution >= 4 is 0 Å². The fourth-order valence-corrected chi connectivity index (χ4v) is 3.08. The van der Waals surface area contributed by atoms with E-state index in [-0.39, 0.29) is 11.0 Å². The Kier molecular flexibility index (Phi) is 4.39. The highest BCUT2D eigenvalue weighted by Gasteiger charge is 2.38. The molecule has 0 aliphatic heterocycles. The Bertz CT molecular complexity index is 480. The molecule has 0 unspecified atom stereocenters. The van der Waals surface area contributed by atoms with Crippen molar-refractivity contribution in [1.29, 1.82) is 0 Å². The van der Waals surface area contributed by atoms with Crippen LogP contribution in [0.2, 0.25) is 0 Å². The summed E-state index contributed by atoms with van der Waals surface area (Å²) in [7, 11) is 0. The van der Waals surface area contributed by atoms with Crippen LogP contribution in [0.5, 0.6) is 0 Å². The van der Waals surface area contributed by atoms with Gasteiger partial charge in [-0.15, -0.1) is 0 Å². The maximum Gasteiger partial charge on any atom is 0.416 e. The van der Waals surface area contributed by atoms with Crippen molar-refractivity contribution in [2.45, 2.75) is 63.6 Å². The second-order valence-corrected chi connectivity index (χ2v) is 7.17. The molecule has 2 rings (SSSR count). The maximum absolute atomic E-state index is 12.9. The SMILES string of the molecule is CC(C)(C)NCC1(c2cccc(C(F)(F)F)c2)CCCC1. The van der Waals surface area contributed by atoms with Crippen LogP contribution in [0, 0.1) is 0 Å². The molecule has 1 fully saturated rings. The van der Waals surface area contributed by atoms with Crippen LogP contribution in [-0.2, 0) is 11.6 Å². The molecule has 4 heteroatoms. The minimum absolute atomic E-state index is 0.0305. The van der Waals surface area contributed by atoms with Crippen molar-refractivity contribution in [2.75, 3.05) is 6.54 Å². The number of rotatable bonds is 3. The Labute approximate surface area is 124 Å². The third-order valence-corrected chi connectivity index (χ3v) is 4.32. The van der Waals surface area contributed by atoms with Gasteiger partial charge < -0.3 is 5.32 Å². The number of nitrogens with one attached hydrogen (secondary N) is 1. The van der Waals surface area contributed by atoms with E-state index in [4.69, 9.17) is 0 Å². The molecule has 0 bridgehead atoms. The molecule has 0 radical (unpaired) electrons. The van der Waals surface area contributed by atoms with E-state index < -0.39 is 11.7 Å². The number of hydrogen-bond donors (Lipinski definition) is 1. The van der Waals surface area contributed by atoms with Crippen LogP contribution in [0.25, 0.3) is 0 Å². The van der Waals surface area contributed by atoms with Crippen LogP contribution < -0.4 is 5.32 Å². The summed E-state index contributed by atoms with van der Waals surface area (Å²) < 4.78 is 38.8. The zero-order valence-corrected chi connectivity index (χ0v) is 13.0. The Balaban J connectivity index is 2.30. The lowest BCUT2D eigenvalue weighted by molar-refractivity contribution is -0.137. The maximum atomic E-state index is 12.9. The lowest BCUT2D eigenvalue weighted by Crippen LogP contribution is -2.45. The predicted octanol–water partition coefficient (Wildman–Crippen LogP) is 4.91. The molecule has 1 saturated carbocycles. The first kappa shape index (κ1) is 16.3. The lowest BCUT2D eigenvalue weighted by atomic mass is 9.77. The van der Waals surface area contributed by atoms with Gasteiger partial charge in [-0.1, -0.05) is 31.0 Å². The summed E-state index contributed by atoms with van der Waals surface area (Å²) in [6.45, 7) is 6.99. The molecule has 1 aromatic rings. The van der Waals surface area contributed by atoms with E-state index in [0.717, 1.165) is 43.9 Å². The highest BCUT2D eigenvalue weighted by molar-refractivity contribution is 5.33. The first-order valence-corrected chi connectivity index (χ1v) is 7.55. The van der Waals surface area contributed by atoms with Gasteiger partial charge in [-0.25, -0.2) is 0 Å². The molecular weight excluding hydrogens is 275 g/mol. The molecule has 0 spiro atoms. The monoisotopic (exact) mass is 299 g/mol. The van der Waals surface area contributed by atoms with E-state index in [1.807, 2.05) is 6.07 Å². The molecular formula is C17H24F3N. The predicted molar refractivity (Wildman–Crippen MR) is 79.3 cm³/mol. The summed E-state index contributed by atoms with van der Waals surface area (Å²) >= 11 is 0. The summed E-state index contributed by atoms with van der Waals surface area (Å²) in [5.74, 6) is 0. The first-order valence-electron chi connectivity index (χ1n) is 7.55. The third-order valence-electron chi connectivity index (χ3n) is 4.32. The first-order chi connectivity index (χ1) is 9.62. The molecule has 21 heavy (non-hydrogen) atoms. The second-order valence-electron chi connectivity index (χ2n) is 7.17. The standard InChI is InChI=1S/C17H24F3N/c1-15(2,3)21-12-16(9-4-5-10-16)13-7-6-8-14(11-13)17(18,19)20/h6-8,11,21H,4-5,9-10,12H2,1-3H3.